The number of fused-ring (bicyclic) bond motifs is 2. The molecule has 0 saturated heterocycles. The number of aliphatic hydroxyl groups excluding tert-OH is 1. The van der Waals surface area contributed by atoms with Crippen LogP contribution in [0.5, 0.6) is 5.88 Å². The summed E-state index contributed by atoms with van der Waals surface area (Å²) in [4.78, 5) is 6.61. The second-order valence-corrected chi connectivity index (χ2v) is 6.85. The summed E-state index contributed by atoms with van der Waals surface area (Å²) < 4.78 is 32.4. The molecule has 7 nitrogen and oxygen atoms in total. The summed E-state index contributed by atoms with van der Waals surface area (Å²) in [5.74, 6) is -0.171. The van der Waals surface area contributed by atoms with Gasteiger partial charge in [0.1, 0.15) is 11.0 Å². The van der Waals surface area contributed by atoms with Gasteiger partial charge in [-0.05, 0) is 12.1 Å². The number of rotatable bonds is 2. The number of benzene rings is 2. The number of aromatic nitrogens is 1. The topological polar surface area (TPSA) is 123 Å². The van der Waals surface area contributed by atoms with Gasteiger partial charge in [0.2, 0.25) is 0 Å². The van der Waals surface area contributed by atoms with E-state index in [-0.39, 0.29) is 27.7 Å². The van der Waals surface area contributed by atoms with Crippen molar-refractivity contribution in [3.05, 3.63) is 53.6 Å². The molecule has 1 aromatic heterocycles. The van der Waals surface area contributed by atoms with Crippen molar-refractivity contribution in [1.82, 2.24) is 4.98 Å². The number of aromatic hydroxyl groups is 1. The number of aliphatic hydroxyl groups is 1. The Morgan fingerprint density at radius 2 is 1.83 bits per heavy atom. The standard InChI is InChI=1S/C16H12N2O5S/c19-15-9-5-3-7-11(24(21,22)23)13(9)18-14(15)12-8-4-1-2-6-10(8)17-16(12)20/h1-7,15,17,19-20H,(H,21,22,23). The first kappa shape index (κ1) is 14.9. The monoisotopic (exact) mass is 344 g/mol. The van der Waals surface area contributed by atoms with Crippen LogP contribution in [0.4, 0.5) is 5.69 Å². The zero-order valence-corrected chi connectivity index (χ0v) is 12.9. The molecule has 2 heterocycles. The first-order valence-corrected chi connectivity index (χ1v) is 8.49. The summed E-state index contributed by atoms with van der Waals surface area (Å²) in [6.45, 7) is 0. The van der Waals surface area contributed by atoms with Gasteiger partial charge in [-0.15, -0.1) is 0 Å². The lowest BCUT2D eigenvalue weighted by Crippen LogP contribution is -2.09. The molecule has 8 heteroatoms. The van der Waals surface area contributed by atoms with Crippen molar-refractivity contribution >= 4 is 32.4 Å². The lowest BCUT2D eigenvalue weighted by Gasteiger charge is -2.08. The number of nitrogens with zero attached hydrogens (tertiary/aromatic N) is 1. The van der Waals surface area contributed by atoms with Gasteiger partial charge in [0.25, 0.3) is 10.1 Å². The van der Waals surface area contributed by atoms with E-state index in [2.05, 4.69) is 9.98 Å². The van der Waals surface area contributed by atoms with Crippen molar-refractivity contribution in [2.24, 2.45) is 4.99 Å². The summed E-state index contributed by atoms with van der Waals surface area (Å²) in [6, 6.07) is 11.2. The maximum atomic E-state index is 11.5. The molecule has 0 spiro atoms. The molecule has 0 saturated carbocycles. The van der Waals surface area contributed by atoms with E-state index in [0.717, 1.165) is 0 Å². The number of H-pyrrole nitrogens is 1. The number of aromatic amines is 1. The number of hydrogen-bond donors (Lipinski definition) is 4. The molecule has 4 N–H and O–H groups in total. The minimum Gasteiger partial charge on any atom is -0.494 e. The Bertz CT molecular complexity index is 1110. The summed E-state index contributed by atoms with van der Waals surface area (Å²) in [7, 11) is -4.48. The van der Waals surface area contributed by atoms with Crippen molar-refractivity contribution in [2.45, 2.75) is 11.0 Å². The van der Waals surface area contributed by atoms with Crippen LogP contribution in [-0.2, 0) is 10.1 Å². The first-order chi connectivity index (χ1) is 11.4. The number of aliphatic imine (C=N–C) groups is 1. The molecular formula is C16H12N2O5S. The highest BCUT2D eigenvalue weighted by Gasteiger charge is 2.33. The summed E-state index contributed by atoms with van der Waals surface area (Å²) in [5.41, 5.74) is 1.31. The molecule has 3 aromatic rings. The maximum absolute atomic E-state index is 11.5. The third-order valence-corrected chi connectivity index (χ3v) is 4.92. The van der Waals surface area contributed by atoms with Crippen molar-refractivity contribution in [1.29, 1.82) is 0 Å². The predicted octanol–water partition coefficient (Wildman–Crippen LogP) is 2.29. The molecule has 24 heavy (non-hydrogen) atoms. The van der Waals surface area contributed by atoms with E-state index in [1.165, 1.54) is 18.2 Å². The van der Waals surface area contributed by atoms with Crippen LogP contribution in [0.3, 0.4) is 0 Å². The molecule has 0 radical (unpaired) electrons. The van der Waals surface area contributed by atoms with Gasteiger partial charge < -0.3 is 15.2 Å². The molecule has 4 rings (SSSR count). The number of nitrogens with one attached hydrogen (secondary N) is 1. The predicted molar refractivity (Wildman–Crippen MR) is 87.4 cm³/mol. The van der Waals surface area contributed by atoms with Crippen LogP contribution < -0.4 is 0 Å². The van der Waals surface area contributed by atoms with Gasteiger partial charge in [0, 0.05) is 16.5 Å². The minimum atomic E-state index is -4.48. The normalized spacial score (nSPS) is 17.1. The summed E-state index contributed by atoms with van der Waals surface area (Å²) >= 11 is 0. The SMILES string of the molecule is O=S(=O)(O)c1cccc2c1N=C(c1c(O)[nH]c3ccccc13)C2O. The molecule has 2 aromatic carbocycles. The highest BCUT2D eigenvalue weighted by Crippen LogP contribution is 2.43. The zero-order chi connectivity index (χ0) is 17.1. The first-order valence-electron chi connectivity index (χ1n) is 7.05. The molecule has 0 aliphatic carbocycles. The van der Waals surface area contributed by atoms with Crippen molar-refractivity contribution in [2.75, 3.05) is 0 Å². The van der Waals surface area contributed by atoms with Gasteiger partial charge in [0.15, 0.2) is 5.88 Å². The molecule has 0 amide bonds. The van der Waals surface area contributed by atoms with Crippen molar-refractivity contribution in [3.8, 4) is 5.88 Å². The molecule has 0 bridgehead atoms. The van der Waals surface area contributed by atoms with E-state index in [1.807, 2.05) is 0 Å². The fourth-order valence-corrected chi connectivity index (χ4v) is 3.65. The average molecular weight is 344 g/mol. The van der Waals surface area contributed by atoms with Gasteiger partial charge in [-0.25, -0.2) is 4.99 Å². The van der Waals surface area contributed by atoms with E-state index in [9.17, 15) is 23.2 Å². The second-order valence-electron chi connectivity index (χ2n) is 5.46. The van der Waals surface area contributed by atoms with Crippen LogP contribution >= 0.6 is 0 Å². The fourth-order valence-electron chi connectivity index (χ4n) is 3.00. The van der Waals surface area contributed by atoms with Crippen LogP contribution in [0.25, 0.3) is 10.9 Å². The molecular weight excluding hydrogens is 332 g/mol. The Morgan fingerprint density at radius 3 is 2.58 bits per heavy atom. The largest absolute Gasteiger partial charge is 0.494 e. The van der Waals surface area contributed by atoms with Gasteiger partial charge in [-0.1, -0.05) is 30.3 Å². The number of hydrogen-bond acceptors (Lipinski definition) is 5. The second kappa shape index (κ2) is 4.91. The van der Waals surface area contributed by atoms with Crippen molar-refractivity contribution < 1.29 is 23.2 Å². The number of para-hydroxylation sites is 2. The van der Waals surface area contributed by atoms with E-state index < -0.39 is 16.2 Å². The Kier molecular flexibility index (Phi) is 3.04. The highest BCUT2D eigenvalue weighted by molar-refractivity contribution is 7.86. The lowest BCUT2D eigenvalue weighted by molar-refractivity contribution is 0.251. The Balaban J connectivity index is 1.99. The molecule has 1 atom stereocenters. The Labute approximate surface area is 136 Å². The third-order valence-electron chi connectivity index (χ3n) is 4.04. The molecule has 122 valence electrons. The summed E-state index contributed by atoms with van der Waals surface area (Å²) in [6.07, 6.45) is -1.22. The molecule has 1 unspecified atom stereocenters. The zero-order valence-electron chi connectivity index (χ0n) is 12.1. The van der Waals surface area contributed by atoms with E-state index in [1.54, 1.807) is 24.3 Å². The van der Waals surface area contributed by atoms with E-state index >= 15 is 0 Å². The third kappa shape index (κ3) is 2.04. The summed E-state index contributed by atoms with van der Waals surface area (Å²) in [5, 5.41) is 21.4. The van der Waals surface area contributed by atoms with Crippen LogP contribution in [0.1, 0.15) is 17.2 Å². The highest BCUT2D eigenvalue weighted by atomic mass is 32.2. The van der Waals surface area contributed by atoms with Crippen LogP contribution in [0.2, 0.25) is 0 Å². The van der Waals surface area contributed by atoms with Gasteiger partial charge in [-0.3, -0.25) is 4.55 Å². The quantitative estimate of drug-likeness (QED) is 0.531. The minimum absolute atomic E-state index is 0.0211. The van der Waals surface area contributed by atoms with E-state index in [4.69, 9.17) is 0 Å². The van der Waals surface area contributed by atoms with Crippen molar-refractivity contribution in [3.63, 3.8) is 0 Å². The molecule has 0 fully saturated rings. The molecule has 1 aliphatic rings. The van der Waals surface area contributed by atoms with Gasteiger partial charge in [0.05, 0.1) is 17.0 Å². The van der Waals surface area contributed by atoms with Crippen LogP contribution in [0, 0.1) is 0 Å². The van der Waals surface area contributed by atoms with Gasteiger partial charge in [-0.2, -0.15) is 8.42 Å². The Morgan fingerprint density at radius 1 is 1.08 bits per heavy atom. The smallest absolute Gasteiger partial charge is 0.296 e. The van der Waals surface area contributed by atoms with Gasteiger partial charge >= 0.3 is 0 Å². The van der Waals surface area contributed by atoms with Crippen LogP contribution in [0.15, 0.2) is 52.4 Å². The maximum Gasteiger partial charge on any atom is 0.296 e. The fraction of sp³-hybridized carbons (Fsp3) is 0.0625. The average Bonchev–Trinajstić information content (AvgIpc) is 3.02. The molecule has 1 aliphatic heterocycles. The lowest BCUT2D eigenvalue weighted by atomic mass is 10.0. The van der Waals surface area contributed by atoms with Crippen LogP contribution in [-0.4, -0.2) is 33.9 Å². The Hall–Kier alpha value is -2.68. The van der Waals surface area contributed by atoms with E-state index in [0.29, 0.717) is 16.5 Å².